The summed E-state index contributed by atoms with van der Waals surface area (Å²) in [6.07, 6.45) is 6.05. The first-order chi connectivity index (χ1) is 7.24. The molecule has 1 aliphatic carbocycles. The summed E-state index contributed by atoms with van der Waals surface area (Å²) >= 11 is 0. The van der Waals surface area contributed by atoms with E-state index < -0.39 is 0 Å². The van der Waals surface area contributed by atoms with Crippen LogP contribution < -0.4 is 10.5 Å². The average Bonchev–Trinajstić information content (AvgIpc) is 2.30. The Balaban J connectivity index is 0.00000128. The van der Waals surface area contributed by atoms with Gasteiger partial charge in [-0.2, -0.15) is 0 Å². The van der Waals surface area contributed by atoms with E-state index in [9.17, 15) is 0 Å². The minimum absolute atomic E-state index is 0. The molecule has 2 N–H and O–H groups in total. The number of rotatable bonds is 2. The summed E-state index contributed by atoms with van der Waals surface area (Å²) in [5.41, 5.74) is 7.59. The molecule has 0 radical (unpaired) electrons. The van der Waals surface area contributed by atoms with Crippen molar-refractivity contribution in [1.82, 2.24) is 0 Å². The second-order valence-corrected chi connectivity index (χ2v) is 4.45. The lowest BCUT2D eigenvalue weighted by atomic mass is 9.77. The molecule has 0 heterocycles. The van der Waals surface area contributed by atoms with Crippen LogP contribution in [0.5, 0.6) is 5.75 Å². The summed E-state index contributed by atoms with van der Waals surface area (Å²) in [6.45, 7) is 0. The van der Waals surface area contributed by atoms with Gasteiger partial charge in [0.25, 0.3) is 0 Å². The zero-order chi connectivity index (χ0) is 10.7. The molecule has 0 unspecified atom stereocenters. The third kappa shape index (κ3) is 2.69. The Bertz CT molecular complexity index is 317. The van der Waals surface area contributed by atoms with Crippen LogP contribution in [0.25, 0.3) is 0 Å². The van der Waals surface area contributed by atoms with Crippen molar-refractivity contribution in [3.63, 3.8) is 0 Å². The molecule has 1 aromatic rings. The molecule has 0 aromatic heterocycles. The van der Waals surface area contributed by atoms with Crippen molar-refractivity contribution < 1.29 is 4.74 Å². The molecule has 0 amide bonds. The number of nitrogens with two attached hydrogens (primary N) is 1. The zero-order valence-electron chi connectivity index (χ0n) is 9.74. The van der Waals surface area contributed by atoms with E-state index in [0.717, 1.165) is 18.6 Å². The van der Waals surface area contributed by atoms with Crippen LogP contribution in [0.3, 0.4) is 0 Å². The van der Waals surface area contributed by atoms with E-state index in [4.69, 9.17) is 10.5 Å². The minimum atomic E-state index is -0.0927. The predicted molar refractivity (Wildman–Crippen MR) is 69.2 cm³/mol. The molecule has 1 saturated carbocycles. The van der Waals surface area contributed by atoms with Crippen LogP contribution in [0.1, 0.15) is 37.7 Å². The highest BCUT2D eigenvalue weighted by Gasteiger charge is 2.28. The van der Waals surface area contributed by atoms with Gasteiger partial charge in [-0.05, 0) is 30.5 Å². The van der Waals surface area contributed by atoms with Gasteiger partial charge in [0.05, 0.1) is 7.11 Å². The van der Waals surface area contributed by atoms with Crippen molar-refractivity contribution in [2.24, 2.45) is 5.73 Å². The molecule has 1 fully saturated rings. The highest BCUT2D eigenvalue weighted by Crippen LogP contribution is 2.35. The molecule has 90 valence electrons. The second-order valence-electron chi connectivity index (χ2n) is 4.45. The number of benzene rings is 1. The highest BCUT2D eigenvalue weighted by atomic mass is 35.5. The largest absolute Gasteiger partial charge is 0.497 e. The molecule has 3 heteroatoms. The molecule has 2 rings (SSSR count). The summed E-state index contributed by atoms with van der Waals surface area (Å²) in [7, 11) is 1.69. The van der Waals surface area contributed by atoms with E-state index in [1.807, 2.05) is 12.1 Å². The van der Waals surface area contributed by atoms with E-state index >= 15 is 0 Å². The summed E-state index contributed by atoms with van der Waals surface area (Å²) in [5, 5.41) is 0. The number of methoxy groups -OCH3 is 1. The fourth-order valence-corrected chi connectivity index (χ4v) is 2.39. The van der Waals surface area contributed by atoms with E-state index in [1.165, 1.54) is 24.8 Å². The first-order valence-electron chi connectivity index (χ1n) is 5.68. The summed E-state index contributed by atoms with van der Waals surface area (Å²) in [6, 6.07) is 8.20. The van der Waals surface area contributed by atoms with Gasteiger partial charge in [0, 0.05) is 5.54 Å². The lowest BCUT2D eigenvalue weighted by Crippen LogP contribution is -2.38. The third-order valence-electron chi connectivity index (χ3n) is 3.41. The molecule has 0 saturated heterocycles. The number of hydrogen-bond acceptors (Lipinski definition) is 2. The molecular weight excluding hydrogens is 222 g/mol. The SMILES string of the molecule is COc1ccc(C2(N)CCCCC2)cc1.Cl. The molecule has 1 aliphatic rings. The van der Waals surface area contributed by atoms with Gasteiger partial charge in [-0.1, -0.05) is 31.4 Å². The summed E-state index contributed by atoms with van der Waals surface area (Å²) < 4.78 is 5.15. The van der Waals surface area contributed by atoms with E-state index in [0.29, 0.717) is 0 Å². The third-order valence-corrected chi connectivity index (χ3v) is 3.41. The van der Waals surface area contributed by atoms with Crippen LogP contribution in [0.4, 0.5) is 0 Å². The maximum atomic E-state index is 6.43. The van der Waals surface area contributed by atoms with Crippen molar-refractivity contribution in [2.75, 3.05) is 7.11 Å². The fourth-order valence-electron chi connectivity index (χ4n) is 2.39. The van der Waals surface area contributed by atoms with Gasteiger partial charge in [0.2, 0.25) is 0 Å². The first kappa shape index (κ1) is 13.3. The molecule has 0 bridgehead atoms. The van der Waals surface area contributed by atoms with Crippen molar-refractivity contribution in [1.29, 1.82) is 0 Å². The van der Waals surface area contributed by atoms with E-state index in [2.05, 4.69) is 12.1 Å². The van der Waals surface area contributed by atoms with Gasteiger partial charge in [-0.3, -0.25) is 0 Å². The minimum Gasteiger partial charge on any atom is -0.497 e. The molecule has 0 spiro atoms. The van der Waals surface area contributed by atoms with E-state index in [-0.39, 0.29) is 17.9 Å². The Kier molecular flexibility index (Phi) is 4.63. The van der Waals surface area contributed by atoms with Gasteiger partial charge in [0.15, 0.2) is 0 Å². The number of halogens is 1. The number of ether oxygens (including phenoxy) is 1. The second kappa shape index (κ2) is 5.55. The van der Waals surface area contributed by atoms with Crippen LogP contribution in [0.2, 0.25) is 0 Å². The van der Waals surface area contributed by atoms with Gasteiger partial charge < -0.3 is 10.5 Å². The Hall–Kier alpha value is -0.730. The quantitative estimate of drug-likeness (QED) is 0.863. The molecular formula is C13H20ClNO. The standard InChI is InChI=1S/C13H19NO.ClH/c1-15-12-7-5-11(6-8-12)13(14)9-3-2-4-10-13;/h5-8H,2-4,9-10,14H2,1H3;1H. The summed E-state index contributed by atoms with van der Waals surface area (Å²) in [4.78, 5) is 0. The van der Waals surface area contributed by atoms with Crippen molar-refractivity contribution in [2.45, 2.75) is 37.6 Å². The zero-order valence-corrected chi connectivity index (χ0v) is 10.6. The van der Waals surface area contributed by atoms with Gasteiger partial charge in [-0.25, -0.2) is 0 Å². The fraction of sp³-hybridized carbons (Fsp3) is 0.538. The Morgan fingerprint density at radius 1 is 1.06 bits per heavy atom. The van der Waals surface area contributed by atoms with Crippen LogP contribution in [-0.4, -0.2) is 7.11 Å². The first-order valence-corrected chi connectivity index (χ1v) is 5.68. The average molecular weight is 242 g/mol. The van der Waals surface area contributed by atoms with Crippen LogP contribution in [-0.2, 0) is 5.54 Å². The molecule has 0 aliphatic heterocycles. The van der Waals surface area contributed by atoms with Crippen molar-refractivity contribution in [3.8, 4) is 5.75 Å². The molecule has 0 atom stereocenters. The maximum Gasteiger partial charge on any atom is 0.118 e. The van der Waals surface area contributed by atoms with Crippen LogP contribution in [0, 0.1) is 0 Å². The summed E-state index contributed by atoms with van der Waals surface area (Å²) in [5.74, 6) is 0.901. The molecule has 2 nitrogen and oxygen atoms in total. The van der Waals surface area contributed by atoms with Crippen LogP contribution >= 0.6 is 12.4 Å². The van der Waals surface area contributed by atoms with Crippen LogP contribution in [0.15, 0.2) is 24.3 Å². The normalized spacial score (nSPS) is 18.6. The maximum absolute atomic E-state index is 6.43. The molecule has 1 aromatic carbocycles. The van der Waals surface area contributed by atoms with Gasteiger partial charge in [-0.15, -0.1) is 12.4 Å². The van der Waals surface area contributed by atoms with Gasteiger partial charge in [0.1, 0.15) is 5.75 Å². The molecule has 16 heavy (non-hydrogen) atoms. The highest BCUT2D eigenvalue weighted by molar-refractivity contribution is 5.85. The van der Waals surface area contributed by atoms with Crippen molar-refractivity contribution in [3.05, 3.63) is 29.8 Å². The Morgan fingerprint density at radius 2 is 1.62 bits per heavy atom. The lowest BCUT2D eigenvalue weighted by Gasteiger charge is -2.34. The Morgan fingerprint density at radius 3 is 2.12 bits per heavy atom. The van der Waals surface area contributed by atoms with E-state index in [1.54, 1.807) is 7.11 Å². The van der Waals surface area contributed by atoms with Crippen molar-refractivity contribution >= 4 is 12.4 Å². The topological polar surface area (TPSA) is 35.2 Å². The Labute approximate surface area is 104 Å². The number of hydrogen-bond donors (Lipinski definition) is 1. The predicted octanol–water partition coefficient (Wildman–Crippen LogP) is 3.24. The smallest absolute Gasteiger partial charge is 0.118 e. The monoisotopic (exact) mass is 241 g/mol. The van der Waals surface area contributed by atoms with Gasteiger partial charge >= 0.3 is 0 Å². The lowest BCUT2D eigenvalue weighted by molar-refractivity contribution is 0.302.